The van der Waals surface area contributed by atoms with Crippen LogP contribution in [0.4, 0.5) is 5.95 Å². The first-order chi connectivity index (χ1) is 10.9. The van der Waals surface area contributed by atoms with Crippen molar-refractivity contribution in [2.24, 2.45) is 0 Å². The number of ether oxygens (including phenoxy) is 1. The van der Waals surface area contributed by atoms with Gasteiger partial charge in [-0.2, -0.15) is 0 Å². The Kier molecular flexibility index (Phi) is 4.65. The average molecular weight is 378 g/mol. The second kappa shape index (κ2) is 6.40. The number of aliphatic hydroxyl groups is 2. The van der Waals surface area contributed by atoms with E-state index in [-0.39, 0.29) is 17.2 Å². The van der Waals surface area contributed by atoms with Crippen LogP contribution < -0.4 is 5.73 Å². The molecule has 0 aliphatic carbocycles. The third kappa shape index (κ3) is 3.11. The summed E-state index contributed by atoms with van der Waals surface area (Å²) in [5.74, 6) is 0.0873. The second-order valence-corrected chi connectivity index (χ2v) is 6.96. The number of hydrogen-bond acceptors (Lipinski definition) is 9. The standard InChI is InChI=1S/C10H12N5O5PS2/c11-10-13-7-4(8(22)14-10)12-2-15(7)9-6(17)5(16)3(20-9)1-19-21(18)23/h2-3,5-6,9,16-17H,1H2,(H3-,11,13,14,18,22,23)/p+1/t3-,5?,6?,9-/m1/s1. The molecule has 0 spiro atoms. The molecule has 1 aliphatic rings. The van der Waals surface area contributed by atoms with Gasteiger partial charge in [-0.05, 0) is 4.57 Å². The van der Waals surface area contributed by atoms with Crippen molar-refractivity contribution in [2.45, 2.75) is 24.5 Å². The van der Waals surface area contributed by atoms with E-state index in [1.165, 1.54) is 10.9 Å². The highest BCUT2D eigenvalue weighted by Crippen LogP contribution is 2.34. The number of hydrogen-bond donors (Lipinski definition) is 5. The fraction of sp³-hybridized carbons (Fsp3) is 0.500. The number of anilines is 1. The Morgan fingerprint density at radius 1 is 1.57 bits per heavy atom. The molecule has 0 amide bonds. The summed E-state index contributed by atoms with van der Waals surface area (Å²) in [6.07, 6.45) is -2.92. The first-order valence-electron chi connectivity index (χ1n) is 6.41. The Morgan fingerprint density at radius 2 is 2.30 bits per heavy atom. The van der Waals surface area contributed by atoms with Crippen LogP contribution in [-0.4, -0.2) is 54.7 Å². The van der Waals surface area contributed by atoms with Gasteiger partial charge in [-0.25, -0.2) is 9.97 Å². The number of nitrogen functional groups attached to an aromatic ring is 1. The SMILES string of the molecule is Nc1nc(=S)c2ncn([C@@H]3O[C@H](CO[P+](=O)S)C(O)C3O)c2[nH]1. The van der Waals surface area contributed by atoms with E-state index in [1.54, 1.807) is 0 Å². The van der Waals surface area contributed by atoms with E-state index < -0.39 is 31.8 Å². The summed E-state index contributed by atoms with van der Waals surface area (Å²) in [5.41, 5.74) is 6.42. The van der Waals surface area contributed by atoms with E-state index in [0.29, 0.717) is 11.2 Å². The van der Waals surface area contributed by atoms with Gasteiger partial charge in [-0.1, -0.05) is 12.2 Å². The van der Waals surface area contributed by atoms with Gasteiger partial charge in [0.1, 0.15) is 48.3 Å². The lowest BCUT2D eigenvalue weighted by molar-refractivity contribution is -0.0463. The van der Waals surface area contributed by atoms with Crippen molar-refractivity contribution in [1.82, 2.24) is 19.5 Å². The molecule has 3 rings (SSSR count). The molecule has 2 aromatic rings. The molecule has 1 saturated heterocycles. The van der Waals surface area contributed by atoms with Crippen LogP contribution in [-0.2, 0) is 13.8 Å². The number of rotatable bonds is 4. The summed E-state index contributed by atoms with van der Waals surface area (Å²) in [6, 6.07) is 0. The van der Waals surface area contributed by atoms with Crippen LogP contribution in [0.15, 0.2) is 6.33 Å². The molecule has 0 aromatic carbocycles. The fourth-order valence-electron chi connectivity index (χ4n) is 2.38. The van der Waals surface area contributed by atoms with E-state index in [9.17, 15) is 14.8 Å². The van der Waals surface area contributed by atoms with Gasteiger partial charge in [-0.15, -0.1) is 4.52 Å². The number of nitrogens with two attached hydrogens (primary N) is 1. The number of nitrogens with zero attached hydrogens (tertiary/aromatic N) is 3. The zero-order valence-corrected chi connectivity index (χ0v) is 14.0. The van der Waals surface area contributed by atoms with Gasteiger partial charge >= 0.3 is 7.23 Å². The van der Waals surface area contributed by atoms with E-state index >= 15 is 0 Å². The van der Waals surface area contributed by atoms with Gasteiger partial charge in [0.15, 0.2) is 16.8 Å². The van der Waals surface area contributed by atoms with Crippen molar-refractivity contribution in [2.75, 3.05) is 12.3 Å². The van der Waals surface area contributed by atoms with Crippen molar-refractivity contribution in [3.63, 3.8) is 0 Å². The van der Waals surface area contributed by atoms with Crippen LogP contribution in [0.1, 0.15) is 6.23 Å². The van der Waals surface area contributed by atoms with Gasteiger partial charge in [0.05, 0.1) is 6.33 Å². The van der Waals surface area contributed by atoms with Crippen molar-refractivity contribution in [3.8, 4) is 0 Å². The molecule has 10 nitrogen and oxygen atoms in total. The van der Waals surface area contributed by atoms with Gasteiger partial charge in [0, 0.05) is 0 Å². The van der Waals surface area contributed by atoms with Crippen molar-refractivity contribution in [3.05, 3.63) is 11.0 Å². The van der Waals surface area contributed by atoms with Crippen LogP contribution >= 0.6 is 31.7 Å². The first-order valence-corrected chi connectivity index (χ1v) is 9.15. The van der Waals surface area contributed by atoms with Crippen LogP contribution in [0.2, 0.25) is 0 Å². The predicted octanol–water partition coefficient (Wildman–Crippen LogP) is 0.294. The molecule has 23 heavy (non-hydrogen) atoms. The number of thiol groups is 1. The maximum atomic E-state index is 10.9. The van der Waals surface area contributed by atoms with Crippen LogP contribution in [0.5, 0.6) is 0 Å². The monoisotopic (exact) mass is 378 g/mol. The molecular weight excluding hydrogens is 365 g/mol. The second-order valence-electron chi connectivity index (χ2n) is 4.86. The number of aromatic amines is 1. The highest BCUT2D eigenvalue weighted by molar-refractivity contribution is 8.39. The van der Waals surface area contributed by atoms with Crippen LogP contribution in [0, 0.1) is 4.64 Å². The number of imidazole rings is 1. The molecule has 0 bridgehead atoms. The van der Waals surface area contributed by atoms with E-state index in [1.807, 2.05) is 0 Å². The lowest BCUT2D eigenvalue weighted by atomic mass is 10.1. The van der Waals surface area contributed by atoms with Crippen molar-refractivity contribution >= 4 is 48.8 Å². The maximum Gasteiger partial charge on any atom is 0.582 e. The number of aliphatic hydroxyl groups excluding tert-OH is 2. The zero-order chi connectivity index (χ0) is 16.7. The topological polar surface area (TPSA) is 149 Å². The minimum atomic E-state index is -2.14. The molecule has 5 atom stereocenters. The van der Waals surface area contributed by atoms with Gasteiger partial charge < -0.3 is 25.7 Å². The molecule has 1 aliphatic heterocycles. The average Bonchev–Trinajstić information content (AvgIpc) is 3.00. The molecule has 3 unspecified atom stereocenters. The van der Waals surface area contributed by atoms with E-state index in [0.717, 1.165) is 0 Å². The molecule has 2 aromatic heterocycles. The third-order valence-corrected chi connectivity index (χ3v) is 4.43. The van der Waals surface area contributed by atoms with Gasteiger partial charge in [0.2, 0.25) is 0 Å². The Bertz CT molecular complexity index is 813. The minimum absolute atomic E-state index is 0.0873. The predicted molar refractivity (Wildman–Crippen MR) is 85.6 cm³/mol. The normalized spacial score (nSPS) is 28.4. The van der Waals surface area contributed by atoms with Gasteiger partial charge in [0.25, 0.3) is 0 Å². The summed E-state index contributed by atoms with van der Waals surface area (Å²) < 4.78 is 23.0. The maximum absolute atomic E-state index is 10.9. The summed E-state index contributed by atoms with van der Waals surface area (Å²) in [4.78, 5) is 10.8. The van der Waals surface area contributed by atoms with Gasteiger partial charge in [-0.3, -0.25) is 4.57 Å². The molecule has 1 fully saturated rings. The Balaban J connectivity index is 1.93. The highest BCUT2D eigenvalue weighted by atomic mass is 32.7. The molecule has 0 saturated carbocycles. The van der Waals surface area contributed by atoms with Crippen molar-refractivity contribution in [1.29, 1.82) is 0 Å². The minimum Gasteiger partial charge on any atom is -0.387 e. The molecule has 5 N–H and O–H groups in total. The summed E-state index contributed by atoms with van der Waals surface area (Å²) in [5, 5.41) is 20.2. The molecule has 3 heterocycles. The smallest absolute Gasteiger partial charge is 0.387 e. The molecular formula is C10H13N5O5PS2+. The summed E-state index contributed by atoms with van der Waals surface area (Å²) in [6.45, 7) is -0.181. The summed E-state index contributed by atoms with van der Waals surface area (Å²) in [7, 11) is -2.14. The highest BCUT2D eigenvalue weighted by Gasteiger charge is 2.45. The lowest BCUT2D eigenvalue weighted by Gasteiger charge is -2.16. The molecule has 13 heteroatoms. The van der Waals surface area contributed by atoms with E-state index in [4.69, 9.17) is 27.2 Å². The zero-order valence-electron chi connectivity index (χ0n) is 11.4. The lowest BCUT2D eigenvalue weighted by Crippen LogP contribution is -2.33. The van der Waals surface area contributed by atoms with Crippen molar-refractivity contribution < 1.29 is 24.0 Å². The quantitative estimate of drug-likeness (QED) is 0.287. The Morgan fingerprint density at radius 3 is 3.00 bits per heavy atom. The number of aromatic nitrogens is 4. The third-order valence-electron chi connectivity index (χ3n) is 3.43. The van der Waals surface area contributed by atoms with Crippen LogP contribution in [0.25, 0.3) is 11.2 Å². The summed E-state index contributed by atoms with van der Waals surface area (Å²) >= 11 is 8.69. The Hall–Kier alpha value is -1.14. The number of H-pyrrole nitrogens is 1. The van der Waals surface area contributed by atoms with Crippen LogP contribution in [0.3, 0.4) is 0 Å². The van der Waals surface area contributed by atoms with E-state index in [2.05, 4.69) is 27.2 Å². The number of fused-ring (bicyclic) bond motifs is 1. The Labute approximate surface area is 140 Å². The fourth-order valence-corrected chi connectivity index (χ4v) is 3.10. The first kappa shape index (κ1) is 16.7. The number of nitrogens with one attached hydrogen (secondary N) is 1. The molecule has 124 valence electrons. The molecule has 0 radical (unpaired) electrons. The largest absolute Gasteiger partial charge is 0.582 e.